The first-order valence-corrected chi connectivity index (χ1v) is 9.30. The smallest absolute Gasteiger partial charge is 0.409 e. The molecule has 0 atom stereocenters. The predicted molar refractivity (Wildman–Crippen MR) is 91.0 cm³/mol. The summed E-state index contributed by atoms with van der Waals surface area (Å²) in [5.41, 5.74) is 1.31. The molecule has 5 heteroatoms. The van der Waals surface area contributed by atoms with Crippen molar-refractivity contribution in [2.75, 3.05) is 32.8 Å². The summed E-state index contributed by atoms with van der Waals surface area (Å²) in [6.45, 7) is 8.47. The van der Waals surface area contributed by atoms with Crippen molar-refractivity contribution in [1.29, 1.82) is 5.41 Å². The number of rotatable bonds is 4. The Bertz CT molecular complexity index is 451. The van der Waals surface area contributed by atoms with Crippen LogP contribution in [0, 0.1) is 16.7 Å². The van der Waals surface area contributed by atoms with E-state index in [0.29, 0.717) is 24.0 Å². The maximum atomic E-state index is 11.9. The number of likely N-dealkylation sites (tertiary alicyclic amines) is 2. The fourth-order valence-electron chi connectivity index (χ4n) is 4.74. The molecule has 130 valence electrons. The van der Waals surface area contributed by atoms with Crippen LogP contribution in [0.25, 0.3) is 0 Å². The number of piperidine rings is 1. The highest BCUT2D eigenvalue weighted by molar-refractivity contribution is 5.83. The van der Waals surface area contributed by atoms with Crippen molar-refractivity contribution in [3.63, 3.8) is 0 Å². The highest BCUT2D eigenvalue weighted by atomic mass is 16.6. The highest BCUT2D eigenvalue weighted by Gasteiger charge is 2.51. The minimum Gasteiger partial charge on any atom is -0.450 e. The molecule has 3 fully saturated rings. The Morgan fingerprint density at radius 1 is 1.22 bits per heavy atom. The van der Waals surface area contributed by atoms with E-state index in [9.17, 15) is 4.79 Å². The second kappa shape index (κ2) is 6.80. The number of nitrogens with zero attached hydrogens (tertiary/aromatic N) is 2. The molecule has 1 spiro atoms. The van der Waals surface area contributed by atoms with Gasteiger partial charge in [0, 0.05) is 24.8 Å². The molecular formula is C18H31N3O2. The first-order chi connectivity index (χ1) is 11.1. The Labute approximate surface area is 139 Å². The van der Waals surface area contributed by atoms with Crippen molar-refractivity contribution in [3.8, 4) is 0 Å². The van der Waals surface area contributed by atoms with Crippen molar-refractivity contribution in [2.24, 2.45) is 11.3 Å². The average Bonchev–Trinajstić information content (AvgIpc) is 2.99. The molecule has 1 N–H and O–H groups in total. The van der Waals surface area contributed by atoms with E-state index in [2.05, 4.69) is 11.8 Å². The molecule has 0 aromatic heterocycles. The molecule has 0 bridgehead atoms. The van der Waals surface area contributed by atoms with Gasteiger partial charge in [0.2, 0.25) is 0 Å². The lowest BCUT2D eigenvalue weighted by molar-refractivity contribution is -0.00551. The van der Waals surface area contributed by atoms with Crippen LogP contribution in [0.5, 0.6) is 0 Å². The monoisotopic (exact) mass is 321 g/mol. The van der Waals surface area contributed by atoms with E-state index < -0.39 is 0 Å². The zero-order valence-electron chi connectivity index (χ0n) is 14.6. The van der Waals surface area contributed by atoms with Gasteiger partial charge in [-0.15, -0.1) is 0 Å². The number of hydrogen-bond donors (Lipinski definition) is 1. The molecule has 0 unspecified atom stereocenters. The fraction of sp³-hybridized carbons (Fsp3) is 0.889. The van der Waals surface area contributed by atoms with Crippen LogP contribution in [-0.4, -0.2) is 60.4 Å². The van der Waals surface area contributed by atoms with Crippen molar-refractivity contribution >= 4 is 11.8 Å². The van der Waals surface area contributed by atoms with E-state index in [1.54, 1.807) is 0 Å². The summed E-state index contributed by atoms with van der Waals surface area (Å²) in [6.07, 6.45) is 6.69. The number of nitrogens with one attached hydrogen (secondary N) is 1. The Morgan fingerprint density at radius 2 is 1.91 bits per heavy atom. The van der Waals surface area contributed by atoms with Gasteiger partial charge >= 0.3 is 6.09 Å². The van der Waals surface area contributed by atoms with E-state index >= 15 is 0 Å². The summed E-state index contributed by atoms with van der Waals surface area (Å²) in [4.78, 5) is 16.4. The Kier molecular flexibility index (Phi) is 4.95. The number of ether oxygens (including phenoxy) is 1. The minimum atomic E-state index is -0.133. The van der Waals surface area contributed by atoms with Crippen LogP contribution >= 0.6 is 0 Å². The fourth-order valence-corrected chi connectivity index (χ4v) is 4.74. The molecule has 3 rings (SSSR count). The third-order valence-corrected chi connectivity index (χ3v) is 6.22. The van der Waals surface area contributed by atoms with E-state index in [4.69, 9.17) is 10.1 Å². The SMILES string of the molecule is CCOC(=O)N1CCC2(CC(N3CCC(C(=N)CC)CC3)C2)C1. The second-order valence-corrected chi connectivity index (χ2v) is 7.62. The van der Waals surface area contributed by atoms with Crippen molar-refractivity contribution < 1.29 is 9.53 Å². The summed E-state index contributed by atoms with van der Waals surface area (Å²) in [7, 11) is 0. The number of amides is 1. The van der Waals surface area contributed by atoms with Gasteiger partial charge in [0.05, 0.1) is 6.61 Å². The third kappa shape index (κ3) is 3.39. The minimum absolute atomic E-state index is 0.133. The lowest BCUT2D eigenvalue weighted by Crippen LogP contribution is -2.54. The van der Waals surface area contributed by atoms with Gasteiger partial charge in [-0.3, -0.25) is 0 Å². The van der Waals surface area contributed by atoms with Crippen LogP contribution in [0.3, 0.4) is 0 Å². The van der Waals surface area contributed by atoms with Crippen LogP contribution in [0.2, 0.25) is 0 Å². The highest BCUT2D eigenvalue weighted by Crippen LogP contribution is 2.50. The van der Waals surface area contributed by atoms with E-state index in [1.165, 1.54) is 12.8 Å². The first-order valence-electron chi connectivity index (χ1n) is 9.30. The maximum Gasteiger partial charge on any atom is 0.409 e. The number of carbonyl (C=O) groups excluding carboxylic acids is 1. The molecule has 0 aromatic rings. The molecule has 5 nitrogen and oxygen atoms in total. The van der Waals surface area contributed by atoms with Crippen LogP contribution in [0.15, 0.2) is 0 Å². The van der Waals surface area contributed by atoms with Gasteiger partial charge in [0.25, 0.3) is 0 Å². The van der Waals surface area contributed by atoms with E-state index in [-0.39, 0.29) is 6.09 Å². The molecule has 23 heavy (non-hydrogen) atoms. The zero-order chi connectivity index (χ0) is 16.4. The molecule has 0 radical (unpaired) electrons. The van der Waals surface area contributed by atoms with Gasteiger partial charge in [-0.05, 0) is 69.9 Å². The van der Waals surface area contributed by atoms with Crippen LogP contribution in [0.1, 0.15) is 52.4 Å². The van der Waals surface area contributed by atoms with Crippen molar-refractivity contribution in [2.45, 2.75) is 58.4 Å². The van der Waals surface area contributed by atoms with E-state index in [0.717, 1.165) is 57.6 Å². The first kappa shape index (κ1) is 16.7. The van der Waals surface area contributed by atoms with Gasteiger partial charge in [0.1, 0.15) is 0 Å². The van der Waals surface area contributed by atoms with Crippen molar-refractivity contribution in [3.05, 3.63) is 0 Å². The summed E-state index contributed by atoms with van der Waals surface area (Å²) < 4.78 is 5.13. The lowest BCUT2D eigenvalue weighted by atomic mass is 9.64. The standard InChI is InChI=1S/C18H31N3O2/c1-3-16(19)14-5-8-20(9-6-14)15-11-18(12-15)7-10-21(13-18)17(22)23-4-2/h14-15,19H,3-13H2,1-2H3. The molecule has 1 saturated carbocycles. The number of hydrogen-bond acceptors (Lipinski definition) is 4. The van der Waals surface area contributed by atoms with Gasteiger partial charge in [0.15, 0.2) is 0 Å². The quantitative estimate of drug-likeness (QED) is 0.809. The second-order valence-electron chi connectivity index (χ2n) is 7.62. The summed E-state index contributed by atoms with van der Waals surface area (Å²) in [5.74, 6) is 0.524. The zero-order valence-corrected chi connectivity index (χ0v) is 14.6. The van der Waals surface area contributed by atoms with E-state index in [1.807, 2.05) is 11.8 Å². The molecular weight excluding hydrogens is 290 g/mol. The molecule has 3 aliphatic rings. The van der Waals surface area contributed by atoms with Crippen LogP contribution in [-0.2, 0) is 4.74 Å². The molecule has 2 aliphatic heterocycles. The summed E-state index contributed by atoms with van der Waals surface area (Å²) in [5, 5.41) is 8.02. The van der Waals surface area contributed by atoms with Gasteiger partial charge in [-0.1, -0.05) is 6.92 Å². The number of carbonyl (C=O) groups is 1. The third-order valence-electron chi connectivity index (χ3n) is 6.22. The molecule has 2 heterocycles. The largest absolute Gasteiger partial charge is 0.450 e. The van der Waals surface area contributed by atoms with Crippen LogP contribution in [0.4, 0.5) is 4.79 Å². The van der Waals surface area contributed by atoms with Gasteiger partial charge < -0.3 is 19.9 Å². The normalized spacial score (nSPS) is 32.1. The summed E-state index contributed by atoms with van der Waals surface area (Å²) in [6, 6.07) is 0.703. The Balaban J connectivity index is 1.43. The maximum absolute atomic E-state index is 11.9. The molecule has 0 aromatic carbocycles. The summed E-state index contributed by atoms with van der Waals surface area (Å²) >= 11 is 0. The lowest BCUT2D eigenvalue weighted by Gasteiger charge is -2.51. The average molecular weight is 321 g/mol. The van der Waals surface area contributed by atoms with Crippen molar-refractivity contribution in [1.82, 2.24) is 9.80 Å². The molecule has 1 aliphatic carbocycles. The topological polar surface area (TPSA) is 56.6 Å². The van der Waals surface area contributed by atoms with Crippen LogP contribution < -0.4 is 0 Å². The molecule has 2 saturated heterocycles. The van der Waals surface area contributed by atoms with Gasteiger partial charge in [-0.2, -0.15) is 0 Å². The Hall–Kier alpha value is -1.10. The van der Waals surface area contributed by atoms with Gasteiger partial charge in [-0.25, -0.2) is 4.79 Å². The Morgan fingerprint density at radius 3 is 2.52 bits per heavy atom. The molecule has 1 amide bonds. The predicted octanol–water partition coefficient (Wildman–Crippen LogP) is 3.14.